The number of aromatic nitrogens is 1. The second-order valence-corrected chi connectivity index (χ2v) is 10.4. The summed E-state index contributed by atoms with van der Waals surface area (Å²) in [6, 6.07) is 9.78. The Bertz CT molecular complexity index is 943. The van der Waals surface area contributed by atoms with Gasteiger partial charge in [0.05, 0.1) is 5.69 Å². The van der Waals surface area contributed by atoms with Crippen LogP contribution in [0.5, 0.6) is 0 Å². The Hall–Kier alpha value is -2.80. The highest BCUT2D eigenvalue weighted by Gasteiger charge is 2.08. The molecule has 4 heteroatoms. The van der Waals surface area contributed by atoms with Crippen molar-refractivity contribution in [2.75, 3.05) is 24.3 Å². The first kappa shape index (κ1) is 30.4. The maximum absolute atomic E-state index is 12.7. The Morgan fingerprint density at radius 3 is 1.84 bits per heavy atom. The number of rotatable bonds is 18. The fraction of sp³-hybridized carbons (Fsp3) is 0.576. The molecule has 1 heterocycles. The summed E-state index contributed by atoms with van der Waals surface area (Å²) < 4.78 is 0. The van der Waals surface area contributed by atoms with Gasteiger partial charge >= 0.3 is 0 Å². The van der Waals surface area contributed by atoms with Crippen LogP contribution in [0.1, 0.15) is 121 Å². The van der Waals surface area contributed by atoms with Crippen molar-refractivity contribution in [2.24, 2.45) is 0 Å². The number of nitrogens with zero attached hydrogens (tertiary/aromatic N) is 2. The molecule has 0 atom stereocenters. The molecular formula is C33H49N3O. The van der Waals surface area contributed by atoms with E-state index in [9.17, 15) is 4.79 Å². The Labute approximate surface area is 226 Å². The van der Waals surface area contributed by atoms with Gasteiger partial charge in [0.25, 0.3) is 0 Å². The molecule has 1 amide bonds. The average molecular weight is 504 g/mol. The van der Waals surface area contributed by atoms with Crippen molar-refractivity contribution in [3.05, 3.63) is 53.9 Å². The van der Waals surface area contributed by atoms with E-state index in [1.165, 1.54) is 83.5 Å². The van der Waals surface area contributed by atoms with Crippen LogP contribution in [0.25, 0.3) is 0 Å². The summed E-state index contributed by atoms with van der Waals surface area (Å²) in [7, 11) is 4.00. The van der Waals surface area contributed by atoms with E-state index in [0.717, 1.165) is 35.3 Å². The molecule has 1 aromatic carbocycles. The number of pyridine rings is 1. The zero-order valence-corrected chi connectivity index (χ0v) is 23.7. The summed E-state index contributed by atoms with van der Waals surface area (Å²) in [5.74, 6) is 6.45. The minimum absolute atomic E-state index is 0.0672. The van der Waals surface area contributed by atoms with Gasteiger partial charge in [0.2, 0.25) is 5.91 Å². The molecule has 37 heavy (non-hydrogen) atoms. The molecule has 2 aromatic rings. The molecule has 0 fully saturated rings. The fourth-order valence-corrected chi connectivity index (χ4v) is 4.47. The summed E-state index contributed by atoms with van der Waals surface area (Å²) in [4.78, 5) is 18.7. The summed E-state index contributed by atoms with van der Waals surface area (Å²) in [5.41, 5.74) is 3.55. The molecule has 4 nitrogen and oxygen atoms in total. The van der Waals surface area contributed by atoms with E-state index >= 15 is 0 Å². The fourth-order valence-electron chi connectivity index (χ4n) is 4.47. The first-order valence-corrected chi connectivity index (χ1v) is 14.6. The molecule has 0 saturated heterocycles. The first-order valence-electron chi connectivity index (χ1n) is 14.6. The van der Waals surface area contributed by atoms with E-state index < -0.39 is 0 Å². The zero-order valence-electron chi connectivity index (χ0n) is 23.7. The quantitative estimate of drug-likeness (QED) is 0.163. The normalized spacial score (nSPS) is 10.6. The number of hydrogen-bond acceptors (Lipinski definition) is 3. The van der Waals surface area contributed by atoms with Gasteiger partial charge in [-0.25, -0.2) is 0 Å². The minimum atomic E-state index is 0.0672. The van der Waals surface area contributed by atoms with Gasteiger partial charge in [-0.15, -0.1) is 0 Å². The zero-order chi connectivity index (χ0) is 26.6. The monoisotopic (exact) mass is 503 g/mol. The summed E-state index contributed by atoms with van der Waals surface area (Å²) in [5, 5.41) is 3.11. The maximum atomic E-state index is 12.7. The van der Waals surface area contributed by atoms with Gasteiger partial charge < -0.3 is 10.2 Å². The molecular weight excluding hydrogens is 454 g/mol. The van der Waals surface area contributed by atoms with Crippen LogP contribution in [0.15, 0.2) is 42.7 Å². The summed E-state index contributed by atoms with van der Waals surface area (Å²) in [6.07, 6.45) is 23.9. The highest BCUT2D eigenvalue weighted by molar-refractivity contribution is 5.93. The lowest BCUT2D eigenvalue weighted by atomic mass is 10.0. The Morgan fingerprint density at radius 2 is 1.30 bits per heavy atom. The van der Waals surface area contributed by atoms with Crippen LogP contribution >= 0.6 is 0 Å². The highest BCUT2D eigenvalue weighted by Crippen LogP contribution is 2.23. The number of unbranched alkanes of at least 4 members (excludes halogenated alkanes) is 14. The SMILES string of the molecule is CCCCCCCCCCCCCCCCCC(=O)Nc1cc(N(C)C)ccc1C#Cc1ccncc1. The van der Waals surface area contributed by atoms with E-state index in [1.807, 2.05) is 49.3 Å². The van der Waals surface area contributed by atoms with Crippen molar-refractivity contribution < 1.29 is 4.79 Å². The summed E-state index contributed by atoms with van der Waals surface area (Å²) >= 11 is 0. The van der Waals surface area contributed by atoms with Crippen molar-refractivity contribution in [3.63, 3.8) is 0 Å². The van der Waals surface area contributed by atoms with E-state index in [0.29, 0.717) is 6.42 Å². The smallest absolute Gasteiger partial charge is 0.224 e. The van der Waals surface area contributed by atoms with Gasteiger partial charge in [-0.05, 0) is 36.8 Å². The predicted molar refractivity (Wildman–Crippen MR) is 159 cm³/mol. The maximum Gasteiger partial charge on any atom is 0.224 e. The van der Waals surface area contributed by atoms with E-state index in [2.05, 4.69) is 29.1 Å². The van der Waals surface area contributed by atoms with Crippen LogP contribution in [0.3, 0.4) is 0 Å². The third-order valence-corrected chi connectivity index (χ3v) is 6.82. The number of hydrogen-bond donors (Lipinski definition) is 1. The number of carbonyl (C=O) groups excluding carboxylic acids is 1. The molecule has 2 rings (SSSR count). The number of amides is 1. The molecule has 0 aliphatic heterocycles. The second kappa shape index (κ2) is 19.3. The molecule has 0 saturated carbocycles. The second-order valence-electron chi connectivity index (χ2n) is 10.4. The molecule has 0 unspecified atom stereocenters. The third-order valence-electron chi connectivity index (χ3n) is 6.82. The minimum Gasteiger partial charge on any atom is -0.378 e. The van der Waals surface area contributed by atoms with Crippen LogP contribution in [-0.2, 0) is 4.79 Å². The number of benzene rings is 1. The Morgan fingerprint density at radius 1 is 0.757 bits per heavy atom. The van der Waals surface area contributed by atoms with Gasteiger partial charge in [-0.1, -0.05) is 109 Å². The lowest BCUT2D eigenvalue weighted by molar-refractivity contribution is -0.116. The number of anilines is 2. The molecule has 0 aliphatic carbocycles. The van der Waals surface area contributed by atoms with Crippen molar-refractivity contribution >= 4 is 17.3 Å². The van der Waals surface area contributed by atoms with Gasteiger partial charge in [-0.2, -0.15) is 0 Å². The van der Waals surface area contributed by atoms with Crippen LogP contribution in [0.4, 0.5) is 11.4 Å². The summed E-state index contributed by atoms with van der Waals surface area (Å²) in [6.45, 7) is 2.28. The van der Waals surface area contributed by atoms with E-state index in [1.54, 1.807) is 12.4 Å². The Kier molecular flexibility index (Phi) is 15.9. The lowest BCUT2D eigenvalue weighted by Gasteiger charge is -2.15. The van der Waals surface area contributed by atoms with Gasteiger partial charge in [-0.3, -0.25) is 9.78 Å². The standard InChI is InChI=1S/C33H49N3O/c1-4-5-6-7-8-9-10-11-12-13-14-15-16-17-18-19-33(37)35-32-28-31(36(2)3)23-22-30(32)21-20-29-24-26-34-27-25-29/h22-28H,4-19H2,1-3H3,(H,35,37). The van der Waals surface area contributed by atoms with Crippen molar-refractivity contribution in [2.45, 2.75) is 110 Å². The van der Waals surface area contributed by atoms with E-state index in [-0.39, 0.29) is 5.91 Å². The molecule has 0 aliphatic rings. The van der Waals surface area contributed by atoms with Gasteiger partial charge in [0, 0.05) is 49.7 Å². The molecule has 1 aromatic heterocycles. The Balaban J connectivity index is 1.63. The van der Waals surface area contributed by atoms with Crippen LogP contribution in [0, 0.1) is 11.8 Å². The average Bonchev–Trinajstić information content (AvgIpc) is 2.90. The molecule has 0 radical (unpaired) electrons. The van der Waals surface area contributed by atoms with Gasteiger partial charge in [0.1, 0.15) is 0 Å². The lowest BCUT2D eigenvalue weighted by Crippen LogP contribution is -2.14. The van der Waals surface area contributed by atoms with Crippen LogP contribution in [0.2, 0.25) is 0 Å². The van der Waals surface area contributed by atoms with Crippen molar-refractivity contribution in [3.8, 4) is 11.8 Å². The van der Waals surface area contributed by atoms with Crippen molar-refractivity contribution in [1.29, 1.82) is 0 Å². The predicted octanol–water partition coefficient (Wildman–Crippen LogP) is 8.75. The highest BCUT2D eigenvalue weighted by atomic mass is 16.1. The third kappa shape index (κ3) is 13.9. The van der Waals surface area contributed by atoms with E-state index in [4.69, 9.17) is 0 Å². The van der Waals surface area contributed by atoms with Crippen LogP contribution in [-0.4, -0.2) is 25.0 Å². The number of nitrogens with one attached hydrogen (secondary N) is 1. The molecule has 0 bridgehead atoms. The van der Waals surface area contributed by atoms with Crippen LogP contribution < -0.4 is 10.2 Å². The first-order chi connectivity index (χ1) is 18.1. The largest absolute Gasteiger partial charge is 0.378 e. The molecule has 0 spiro atoms. The molecule has 1 N–H and O–H groups in total. The topological polar surface area (TPSA) is 45.2 Å². The van der Waals surface area contributed by atoms with Crippen molar-refractivity contribution in [1.82, 2.24) is 4.98 Å². The molecule has 202 valence electrons. The number of carbonyl (C=O) groups is 1. The van der Waals surface area contributed by atoms with Gasteiger partial charge in [0.15, 0.2) is 0 Å².